The number of aryl methyl sites for hydroxylation is 1. The number of pyridine rings is 1. The highest BCUT2D eigenvalue weighted by molar-refractivity contribution is 5.97. The predicted molar refractivity (Wildman–Crippen MR) is 101 cm³/mol. The Bertz CT molecular complexity index is 844. The number of rotatable bonds is 4. The first-order valence-electron chi connectivity index (χ1n) is 9.54. The van der Waals surface area contributed by atoms with Crippen LogP contribution in [-0.4, -0.2) is 50.6 Å². The molecule has 2 fully saturated rings. The molecule has 0 bridgehead atoms. The normalized spacial score (nSPS) is 19.0. The van der Waals surface area contributed by atoms with Crippen molar-refractivity contribution in [2.24, 2.45) is 5.41 Å². The van der Waals surface area contributed by atoms with Crippen LogP contribution >= 0.6 is 0 Å². The second kappa shape index (κ2) is 6.79. The summed E-state index contributed by atoms with van der Waals surface area (Å²) in [6.45, 7) is 5.26. The quantitative estimate of drug-likeness (QED) is 0.897. The Morgan fingerprint density at radius 2 is 1.89 bits per heavy atom. The Balaban J connectivity index is 1.34. The zero-order valence-electron chi connectivity index (χ0n) is 15.8. The van der Waals surface area contributed by atoms with Gasteiger partial charge in [-0.05, 0) is 63.1 Å². The molecule has 27 heavy (non-hydrogen) atoms. The van der Waals surface area contributed by atoms with E-state index < -0.39 is 6.04 Å². The van der Waals surface area contributed by atoms with Gasteiger partial charge < -0.3 is 10.2 Å². The second-order valence-corrected chi connectivity index (χ2v) is 7.83. The van der Waals surface area contributed by atoms with Gasteiger partial charge in [-0.2, -0.15) is 5.10 Å². The van der Waals surface area contributed by atoms with E-state index >= 15 is 0 Å². The minimum atomic E-state index is -0.542. The third-order valence-corrected chi connectivity index (χ3v) is 5.78. The number of carbonyl (C=O) groups is 2. The number of nitrogens with zero attached hydrogens (tertiary/aromatic N) is 4. The van der Waals surface area contributed by atoms with Gasteiger partial charge in [0.05, 0.1) is 11.3 Å². The van der Waals surface area contributed by atoms with Gasteiger partial charge in [0.1, 0.15) is 6.04 Å². The lowest BCUT2D eigenvalue weighted by atomic mass is 9.93. The summed E-state index contributed by atoms with van der Waals surface area (Å²) >= 11 is 0. The summed E-state index contributed by atoms with van der Waals surface area (Å²) in [6.07, 6.45) is 8.14. The third kappa shape index (κ3) is 3.72. The van der Waals surface area contributed by atoms with Crippen molar-refractivity contribution in [3.05, 3.63) is 41.9 Å². The minimum absolute atomic E-state index is 0.00422. The Kier molecular flexibility index (Phi) is 4.45. The van der Waals surface area contributed by atoms with Crippen LogP contribution in [0.2, 0.25) is 0 Å². The van der Waals surface area contributed by atoms with Crippen LogP contribution in [0.4, 0.5) is 0 Å². The van der Waals surface area contributed by atoms with Crippen LogP contribution in [-0.2, 0) is 4.79 Å². The second-order valence-electron chi connectivity index (χ2n) is 7.83. The van der Waals surface area contributed by atoms with E-state index in [4.69, 9.17) is 0 Å². The van der Waals surface area contributed by atoms with Gasteiger partial charge in [-0.25, -0.2) is 9.67 Å². The van der Waals surface area contributed by atoms with E-state index in [9.17, 15) is 9.59 Å². The molecule has 0 aromatic carbocycles. The Hall–Kier alpha value is -2.70. The number of hydrogen-bond donors (Lipinski definition) is 1. The fourth-order valence-corrected chi connectivity index (χ4v) is 3.69. The highest BCUT2D eigenvalue weighted by Gasteiger charge is 2.45. The average molecular weight is 367 g/mol. The van der Waals surface area contributed by atoms with E-state index in [0.29, 0.717) is 16.8 Å². The molecule has 142 valence electrons. The molecule has 1 atom stereocenters. The van der Waals surface area contributed by atoms with Crippen LogP contribution in [0.15, 0.2) is 30.6 Å². The molecule has 2 amide bonds. The molecule has 2 aliphatic rings. The summed E-state index contributed by atoms with van der Waals surface area (Å²) in [5, 5.41) is 7.10. The number of piperidine rings is 1. The number of amides is 2. The molecular weight excluding hydrogens is 342 g/mol. The molecule has 1 saturated heterocycles. The number of carbonyl (C=O) groups excluding carboxylic acids is 2. The Labute approximate surface area is 158 Å². The van der Waals surface area contributed by atoms with Crippen molar-refractivity contribution < 1.29 is 9.59 Å². The average Bonchev–Trinajstić information content (AvgIpc) is 3.29. The first-order chi connectivity index (χ1) is 13.0. The number of likely N-dealkylation sites (tertiary alicyclic amines) is 1. The van der Waals surface area contributed by atoms with Crippen molar-refractivity contribution in [1.82, 2.24) is 25.0 Å². The first-order valence-corrected chi connectivity index (χ1v) is 9.54. The predicted octanol–water partition coefficient (Wildman–Crippen LogP) is 2.10. The van der Waals surface area contributed by atoms with Gasteiger partial charge in [0, 0.05) is 25.5 Å². The maximum atomic E-state index is 12.6. The van der Waals surface area contributed by atoms with Gasteiger partial charge in [-0.15, -0.1) is 0 Å². The summed E-state index contributed by atoms with van der Waals surface area (Å²) in [5.41, 5.74) is 1.86. The van der Waals surface area contributed by atoms with E-state index in [2.05, 4.69) is 15.4 Å². The molecule has 0 radical (unpaired) electrons. The monoisotopic (exact) mass is 367 g/mol. The molecule has 7 nitrogen and oxygen atoms in total. The molecule has 1 N–H and O–H groups in total. The van der Waals surface area contributed by atoms with Crippen molar-refractivity contribution in [3.8, 4) is 5.82 Å². The zero-order chi connectivity index (χ0) is 19.0. The van der Waals surface area contributed by atoms with Gasteiger partial charge >= 0.3 is 0 Å². The molecule has 2 aromatic heterocycles. The lowest BCUT2D eigenvalue weighted by Crippen LogP contribution is -2.49. The van der Waals surface area contributed by atoms with E-state index in [1.807, 2.05) is 24.1 Å². The van der Waals surface area contributed by atoms with Gasteiger partial charge in [0.25, 0.3) is 5.91 Å². The molecule has 3 heterocycles. The van der Waals surface area contributed by atoms with Crippen LogP contribution in [0.1, 0.15) is 48.7 Å². The van der Waals surface area contributed by atoms with E-state index in [1.54, 1.807) is 23.7 Å². The number of nitrogens with one attached hydrogen (secondary N) is 1. The lowest BCUT2D eigenvalue weighted by Gasteiger charge is -2.33. The van der Waals surface area contributed by atoms with E-state index in [1.165, 1.54) is 19.0 Å². The highest BCUT2D eigenvalue weighted by atomic mass is 16.2. The summed E-state index contributed by atoms with van der Waals surface area (Å²) in [6, 6.07) is 4.79. The Morgan fingerprint density at radius 3 is 2.44 bits per heavy atom. The largest absolute Gasteiger partial charge is 0.341 e. The van der Waals surface area contributed by atoms with Crippen LogP contribution in [0.3, 0.4) is 0 Å². The minimum Gasteiger partial charge on any atom is -0.341 e. The van der Waals surface area contributed by atoms with Crippen LogP contribution in [0, 0.1) is 12.3 Å². The highest BCUT2D eigenvalue weighted by Crippen LogP contribution is 2.53. The maximum Gasteiger partial charge on any atom is 0.253 e. The molecule has 1 saturated carbocycles. The maximum absolute atomic E-state index is 12.6. The van der Waals surface area contributed by atoms with Crippen molar-refractivity contribution in [2.75, 3.05) is 13.1 Å². The summed E-state index contributed by atoms with van der Waals surface area (Å²) in [4.78, 5) is 31.3. The zero-order valence-corrected chi connectivity index (χ0v) is 15.8. The SMILES string of the molecule is Cc1ccn(-c2ccc(C(=O)N[C@H](C)C(=O)N3CCC4(CC3)CC4)cn2)n1. The van der Waals surface area contributed by atoms with Crippen molar-refractivity contribution >= 4 is 11.8 Å². The van der Waals surface area contributed by atoms with Crippen molar-refractivity contribution in [2.45, 2.75) is 45.6 Å². The van der Waals surface area contributed by atoms with Crippen molar-refractivity contribution in [1.29, 1.82) is 0 Å². The van der Waals surface area contributed by atoms with E-state index in [-0.39, 0.29) is 11.8 Å². The van der Waals surface area contributed by atoms with Crippen LogP contribution < -0.4 is 5.32 Å². The van der Waals surface area contributed by atoms with Crippen LogP contribution in [0.25, 0.3) is 5.82 Å². The first kappa shape index (κ1) is 17.7. The standard InChI is InChI=1S/C20H25N5O2/c1-14-5-10-25(23-14)17-4-3-16(13-21-17)18(26)22-15(2)19(27)24-11-8-20(6-7-20)9-12-24/h3-5,10,13,15H,6-9,11-12H2,1-2H3,(H,22,26)/t15-/m1/s1. The molecule has 4 rings (SSSR count). The molecule has 1 spiro atoms. The lowest BCUT2D eigenvalue weighted by molar-refractivity contribution is -0.134. The molecule has 1 aliphatic heterocycles. The molecule has 0 unspecified atom stereocenters. The molecule has 2 aromatic rings. The third-order valence-electron chi connectivity index (χ3n) is 5.78. The van der Waals surface area contributed by atoms with Gasteiger partial charge in [-0.3, -0.25) is 9.59 Å². The fourth-order valence-electron chi connectivity index (χ4n) is 3.69. The molecule has 1 aliphatic carbocycles. The van der Waals surface area contributed by atoms with Gasteiger partial charge in [0.15, 0.2) is 5.82 Å². The number of hydrogen-bond acceptors (Lipinski definition) is 4. The van der Waals surface area contributed by atoms with Gasteiger partial charge in [-0.1, -0.05) is 0 Å². The molecular formula is C20H25N5O2. The van der Waals surface area contributed by atoms with E-state index in [0.717, 1.165) is 31.6 Å². The number of aromatic nitrogens is 3. The summed E-state index contributed by atoms with van der Waals surface area (Å²) < 4.78 is 1.66. The topological polar surface area (TPSA) is 80.1 Å². The smallest absolute Gasteiger partial charge is 0.253 e. The van der Waals surface area contributed by atoms with Crippen molar-refractivity contribution in [3.63, 3.8) is 0 Å². The Morgan fingerprint density at radius 1 is 1.15 bits per heavy atom. The summed E-state index contributed by atoms with van der Waals surface area (Å²) in [7, 11) is 0. The molecule has 7 heteroatoms. The van der Waals surface area contributed by atoms with Crippen LogP contribution in [0.5, 0.6) is 0 Å². The summed E-state index contributed by atoms with van der Waals surface area (Å²) in [5.74, 6) is 0.351. The fraction of sp³-hybridized carbons (Fsp3) is 0.500. The van der Waals surface area contributed by atoms with Gasteiger partial charge in [0.2, 0.25) is 5.91 Å².